The average molecular weight is 535 g/mol. The first kappa shape index (κ1) is 29.8. The van der Waals surface area contributed by atoms with Gasteiger partial charge in [0, 0.05) is 17.3 Å². The van der Waals surface area contributed by atoms with E-state index in [-0.39, 0.29) is 43.0 Å². The van der Waals surface area contributed by atoms with E-state index in [1.807, 2.05) is 32.6 Å². The van der Waals surface area contributed by atoms with E-state index < -0.39 is 33.4 Å². The van der Waals surface area contributed by atoms with Crippen LogP contribution in [0.1, 0.15) is 73.1 Å². The predicted molar refractivity (Wildman–Crippen MR) is 148 cm³/mol. The van der Waals surface area contributed by atoms with Gasteiger partial charge in [0.25, 0.3) is 0 Å². The zero-order valence-corrected chi connectivity index (χ0v) is 24.1. The van der Waals surface area contributed by atoms with Gasteiger partial charge in [0.15, 0.2) is 0 Å². The van der Waals surface area contributed by atoms with Crippen LogP contribution in [0, 0.1) is 17.8 Å². The molecule has 0 aliphatic carbocycles. The molecule has 0 saturated carbocycles. The molecular weight excluding hydrogens is 488 g/mol. The highest BCUT2D eigenvalue weighted by Crippen LogP contribution is 2.72. The Bertz CT molecular complexity index is 894. The SMILES string of the molecule is C=CCCOC(=O)[C@H]1[C@H]2C(=O)N([C@@H](CO)CC(C)C)C(C(=O)N(CC=C)C(C)CCC)C23CC[C@]1(C)S3. The summed E-state index contributed by atoms with van der Waals surface area (Å²) >= 11 is 1.64. The first-order valence-electron chi connectivity index (χ1n) is 13.8. The van der Waals surface area contributed by atoms with Crippen LogP contribution in [0.5, 0.6) is 0 Å². The van der Waals surface area contributed by atoms with Crippen LogP contribution >= 0.6 is 11.8 Å². The second kappa shape index (κ2) is 11.9. The summed E-state index contributed by atoms with van der Waals surface area (Å²) in [5.74, 6) is -1.70. The number of esters is 1. The van der Waals surface area contributed by atoms with Gasteiger partial charge in [0.05, 0.1) is 35.8 Å². The number of amides is 2. The molecule has 2 bridgehead atoms. The van der Waals surface area contributed by atoms with Gasteiger partial charge in [-0.05, 0) is 51.9 Å². The standard InChI is InChI=1S/C29H46N2O5S/c1-8-11-16-36-27(35)23-22-25(33)31(21(18-32)17-19(4)5)24(29(22)14-13-28(23,7)37-29)26(34)30(15-10-3)20(6)12-9-2/h8,10,19-24,32H,1,3,9,11-18H2,2,4-7H3/t20?,21-,22+,23-,24?,28+,29?/m1/s1. The van der Waals surface area contributed by atoms with Gasteiger partial charge in [-0.1, -0.05) is 39.3 Å². The third-order valence-corrected chi connectivity index (χ3v) is 10.4. The van der Waals surface area contributed by atoms with Crippen LogP contribution in [0.15, 0.2) is 25.3 Å². The second-order valence-corrected chi connectivity index (χ2v) is 13.5. The van der Waals surface area contributed by atoms with Gasteiger partial charge in [0.1, 0.15) is 6.04 Å². The number of likely N-dealkylation sites (tertiary alicyclic amines) is 1. The molecule has 0 radical (unpaired) electrons. The molecule has 3 saturated heterocycles. The molecule has 0 aromatic heterocycles. The maximum atomic E-state index is 14.5. The van der Waals surface area contributed by atoms with Crippen molar-refractivity contribution >= 4 is 29.5 Å². The predicted octanol–water partition coefficient (Wildman–Crippen LogP) is 4.20. The molecule has 0 aromatic rings. The molecule has 8 heteroatoms. The summed E-state index contributed by atoms with van der Waals surface area (Å²) in [5, 5.41) is 10.4. The summed E-state index contributed by atoms with van der Waals surface area (Å²) in [7, 11) is 0. The van der Waals surface area contributed by atoms with Gasteiger partial charge in [-0.2, -0.15) is 0 Å². The number of carbonyl (C=O) groups excluding carboxylic acids is 3. The van der Waals surface area contributed by atoms with E-state index in [1.165, 1.54) is 0 Å². The lowest BCUT2D eigenvalue weighted by atomic mass is 9.66. The van der Waals surface area contributed by atoms with Gasteiger partial charge >= 0.3 is 5.97 Å². The Hall–Kier alpha value is -1.80. The Labute approximate surface area is 227 Å². The van der Waals surface area contributed by atoms with E-state index in [0.29, 0.717) is 25.8 Å². The molecule has 3 heterocycles. The summed E-state index contributed by atoms with van der Waals surface area (Å²) in [5.41, 5.74) is 0. The zero-order chi connectivity index (χ0) is 27.5. The first-order valence-corrected chi connectivity index (χ1v) is 14.7. The molecule has 208 valence electrons. The topological polar surface area (TPSA) is 87.1 Å². The van der Waals surface area contributed by atoms with Crippen molar-refractivity contribution in [1.82, 2.24) is 9.80 Å². The van der Waals surface area contributed by atoms with Crippen molar-refractivity contribution < 1.29 is 24.2 Å². The number of hydrogen-bond acceptors (Lipinski definition) is 6. The number of hydrogen-bond donors (Lipinski definition) is 1. The smallest absolute Gasteiger partial charge is 0.311 e. The van der Waals surface area contributed by atoms with E-state index >= 15 is 0 Å². The minimum Gasteiger partial charge on any atom is -0.465 e. The quantitative estimate of drug-likeness (QED) is 0.204. The van der Waals surface area contributed by atoms with Crippen LogP contribution < -0.4 is 0 Å². The minimum absolute atomic E-state index is 0.0144. The lowest BCUT2D eigenvalue weighted by Crippen LogP contribution is -2.59. The Kier molecular flexibility index (Phi) is 9.60. The largest absolute Gasteiger partial charge is 0.465 e. The summed E-state index contributed by atoms with van der Waals surface area (Å²) in [4.78, 5) is 45.8. The highest BCUT2D eigenvalue weighted by Gasteiger charge is 2.78. The molecular formula is C29H46N2O5S. The van der Waals surface area contributed by atoms with E-state index in [2.05, 4.69) is 20.1 Å². The normalized spacial score (nSPS) is 31.8. The molecule has 3 aliphatic rings. The Balaban J connectivity index is 2.10. The van der Waals surface area contributed by atoms with Crippen molar-refractivity contribution in [2.75, 3.05) is 19.8 Å². The van der Waals surface area contributed by atoms with Crippen molar-refractivity contribution in [3.05, 3.63) is 25.3 Å². The van der Waals surface area contributed by atoms with Gasteiger partial charge in [0.2, 0.25) is 11.8 Å². The van der Waals surface area contributed by atoms with Crippen LogP contribution in [0.4, 0.5) is 0 Å². The Morgan fingerprint density at radius 2 is 1.97 bits per heavy atom. The van der Waals surface area contributed by atoms with E-state index in [9.17, 15) is 19.5 Å². The fourth-order valence-corrected chi connectivity index (χ4v) is 9.23. The summed E-state index contributed by atoms with van der Waals surface area (Å²) < 4.78 is 4.43. The maximum absolute atomic E-state index is 14.5. The summed E-state index contributed by atoms with van der Waals surface area (Å²) in [6, 6.07) is -1.24. The molecule has 1 N–H and O–H groups in total. The number of ether oxygens (including phenoxy) is 1. The molecule has 2 amide bonds. The van der Waals surface area contributed by atoms with Gasteiger partial charge in [-0.15, -0.1) is 24.9 Å². The number of nitrogens with zero attached hydrogens (tertiary/aromatic N) is 2. The number of thioether (sulfide) groups is 1. The van der Waals surface area contributed by atoms with Gasteiger partial charge in [-0.25, -0.2) is 0 Å². The third-order valence-electron chi connectivity index (χ3n) is 8.46. The van der Waals surface area contributed by atoms with Crippen molar-refractivity contribution in [3.8, 4) is 0 Å². The number of aliphatic hydroxyl groups excluding tert-OH is 1. The number of aliphatic hydroxyl groups is 1. The van der Waals surface area contributed by atoms with Gasteiger partial charge < -0.3 is 19.6 Å². The van der Waals surface area contributed by atoms with Crippen molar-refractivity contribution in [1.29, 1.82) is 0 Å². The molecule has 7 nitrogen and oxygen atoms in total. The lowest BCUT2D eigenvalue weighted by Gasteiger charge is -2.41. The van der Waals surface area contributed by atoms with Crippen molar-refractivity contribution in [3.63, 3.8) is 0 Å². The van der Waals surface area contributed by atoms with Gasteiger partial charge in [-0.3, -0.25) is 14.4 Å². The van der Waals surface area contributed by atoms with Crippen LogP contribution in [0.3, 0.4) is 0 Å². The lowest BCUT2D eigenvalue weighted by molar-refractivity contribution is -0.156. The molecule has 0 aromatic carbocycles. The monoisotopic (exact) mass is 534 g/mol. The number of carbonyl (C=O) groups is 3. The van der Waals surface area contributed by atoms with Crippen LogP contribution in [0.2, 0.25) is 0 Å². The Morgan fingerprint density at radius 1 is 1.27 bits per heavy atom. The van der Waals surface area contributed by atoms with Crippen molar-refractivity contribution in [2.45, 2.75) is 101 Å². The fourth-order valence-electron chi connectivity index (χ4n) is 6.90. The van der Waals surface area contributed by atoms with E-state index in [4.69, 9.17) is 4.74 Å². The average Bonchev–Trinajstić information content (AvgIpc) is 3.41. The number of fused-ring (bicyclic) bond motifs is 1. The third kappa shape index (κ3) is 5.25. The van der Waals surface area contributed by atoms with E-state index in [0.717, 1.165) is 19.3 Å². The van der Waals surface area contributed by atoms with Crippen LogP contribution in [-0.4, -0.2) is 80.1 Å². The molecule has 1 spiro atoms. The highest BCUT2D eigenvalue weighted by molar-refractivity contribution is 8.02. The highest BCUT2D eigenvalue weighted by atomic mass is 32.2. The second-order valence-electron chi connectivity index (χ2n) is 11.6. The molecule has 3 rings (SSSR count). The summed E-state index contributed by atoms with van der Waals surface area (Å²) in [6.45, 7) is 18.2. The number of rotatable bonds is 14. The Morgan fingerprint density at radius 3 is 2.54 bits per heavy atom. The minimum atomic E-state index is -0.738. The molecule has 3 unspecified atom stereocenters. The molecule has 3 fully saturated rings. The molecule has 3 aliphatic heterocycles. The van der Waals surface area contributed by atoms with Crippen LogP contribution in [0.25, 0.3) is 0 Å². The summed E-state index contributed by atoms with van der Waals surface area (Å²) in [6.07, 6.45) is 7.75. The maximum Gasteiger partial charge on any atom is 0.311 e. The first-order chi connectivity index (χ1) is 17.5. The van der Waals surface area contributed by atoms with Crippen LogP contribution in [-0.2, 0) is 19.1 Å². The fraction of sp³-hybridized carbons (Fsp3) is 0.759. The molecule has 37 heavy (non-hydrogen) atoms. The van der Waals surface area contributed by atoms with E-state index in [1.54, 1.807) is 28.8 Å². The zero-order valence-electron chi connectivity index (χ0n) is 23.3. The van der Waals surface area contributed by atoms with Crippen molar-refractivity contribution in [2.24, 2.45) is 17.8 Å². The molecule has 7 atom stereocenters.